The predicted octanol–water partition coefficient (Wildman–Crippen LogP) is 0.106. The van der Waals surface area contributed by atoms with Crippen LogP contribution in [0.2, 0.25) is 0 Å². The number of hydrogen-bond donors (Lipinski definition) is 1. The summed E-state index contributed by atoms with van der Waals surface area (Å²) in [6.45, 7) is 0.576. The Bertz CT molecular complexity index is 174. The van der Waals surface area contributed by atoms with Crippen LogP contribution in [0.15, 0.2) is 0 Å². The molecule has 0 radical (unpaired) electrons. The van der Waals surface area contributed by atoms with Crippen LogP contribution in [-0.4, -0.2) is 37.8 Å². The first-order valence-corrected chi connectivity index (χ1v) is 3.45. The number of ether oxygens (including phenoxy) is 1. The van der Waals surface area contributed by atoms with Crippen molar-refractivity contribution in [1.82, 2.24) is 5.32 Å². The molecule has 12 heavy (non-hydrogen) atoms. The Morgan fingerprint density at radius 1 is 1.50 bits per heavy atom. The van der Waals surface area contributed by atoms with Crippen molar-refractivity contribution in [2.45, 2.75) is 12.3 Å². The molecule has 1 aliphatic heterocycles. The Morgan fingerprint density at radius 3 is 2.58 bits per heavy atom. The molecule has 1 unspecified atom stereocenters. The van der Waals surface area contributed by atoms with Crippen molar-refractivity contribution in [1.29, 1.82) is 0 Å². The predicted molar refractivity (Wildman–Crippen MR) is 33.7 cm³/mol. The number of halogens is 3. The molecule has 0 aromatic carbocycles. The van der Waals surface area contributed by atoms with Gasteiger partial charge < -0.3 is 10.1 Å². The third-order valence-electron chi connectivity index (χ3n) is 1.50. The smallest absolute Gasteiger partial charge is 0.367 e. The highest BCUT2D eigenvalue weighted by Gasteiger charge is 2.44. The lowest BCUT2D eigenvalue weighted by molar-refractivity contribution is -0.183. The zero-order valence-electron chi connectivity index (χ0n) is 6.15. The average Bonchev–Trinajstić information content (AvgIpc) is 2.03. The molecule has 6 heteroatoms. The van der Waals surface area contributed by atoms with Crippen LogP contribution in [0, 0.1) is 0 Å². The highest BCUT2D eigenvalue weighted by Crippen LogP contribution is 2.19. The Kier molecular flexibility index (Phi) is 2.69. The molecule has 1 saturated heterocycles. The van der Waals surface area contributed by atoms with E-state index in [1.54, 1.807) is 0 Å². The molecule has 1 aliphatic rings. The lowest BCUT2D eigenvalue weighted by Crippen LogP contribution is -2.47. The monoisotopic (exact) mass is 183 g/mol. The summed E-state index contributed by atoms with van der Waals surface area (Å²) in [5.74, 6) is -1.81. The van der Waals surface area contributed by atoms with E-state index in [0.29, 0.717) is 6.54 Å². The van der Waals surface area contributed by atoms with Crippen LogP contribution >= 0.6 is 0 Å². The summed E-state index contributed by atoms with van der Waals surface area (Å²) in [4.78, 5) is 10.5. The van der Waals surface area contributed by atoms with Gasteiger partial charge in [0, 0.05) is 13.1 Å². The fourth-order valence-electron chi connectivity index (χ4n) is 0.916. The van der Waals surface area contributed by atoms with E-state index in [1.807, 2.05) is 0 Å². The second-order valence-corrected chi connectivity index (χ2v) is 2.43. The van der Waals surface area contributed by atoms with E-state index >= 15 is 0 Å². The zero-order chi connectivity index (χ0) is 9.19. The zero-order valence-corrected chi connectivity index (χ0v) is 6.15. The maximum absolute atomic E-state index is 11.8. The van der Waals surface area contributed by atoms with Crippen molar-refractivity contribution in [3.63, 3.8) is 0 Å². The van der Waals surface area contributed by atoms with Crippen LogP contribution in [-0.2, 0) is 9.53 Å². The van der Waals surface area contributed by atoms with Crippen LogP contribution in [0.3, 0.4) is 0 Å². The summed E-state index contributed by atoms with van der Waals surface area (Å²) in [5.41, 5.74) is 0. The van der Waals surface area contributed by atoms with E-state index in [1.165, 1.54) is 0 Å². The van der Waals surface area contributed by atoms with Gasteiger partial charge in [0.15, 0.2) is 0 Å². The van der Waals surface area contributed by atoms with Crippen molar-refractivity contribution in [2.24, 2.45) is 0 Å². The summed E-state index contributed by atoms with van der Waals surface area (Å²) in [5, 5.41) is 2.64. The number of carbonyl (C=O) groups is 1. The minimum Gasteiger partial charge on any atom is -0.367 e. The lowest BCUT2D eigenvalue weighted by atomic mass is 10.2. The van der Waals surface area contributed by atoms with Crippen molar-refractivity contribution in [2.75, 3.05) is 19.7 Å². The molecule has 0 saturated carbocycles. The first-order valence-electron chi connectivity index (χ1n) is 3.45. The van der Waals surface area contributed by atoms with Crippen LogP contribution in [0.4, 0.5) is 13.2 Å². The summed E-state index contributed by atoms with van der Waals surface area (Å²) >= 11 is 0. The van der Waals surface area contributed by atoms with Gasteiger partial charge in [-0.3, -0.25) is 4.79 Å². The topological polar surface area (TPSA) is 38.3 Å². The molecule has 1 atom stereocenters. The van der Waals surface area contributed by atoms with E-state index in [-0.39, 0.29) is 13.2 Å². The molecule has 0 aromatic rings. The Morgan fingerprint density at radius 2 is 2.17 bits per heavy atom. The SMILES string of the molecule is O=C(C1CNCCO1)C(F)(F)F. The number of rotatable bonds is 1. The Labute approximate surface area is 66.9 Å². The number of alkyl halides is 3. The first-order chi connectivity index (χ1) is 5.52. The van der Waals surface area contributed by atoms with Crippen LogP contribution in [0.5, 0.6) is 0 Å². The number of nitrogens with one attached hydrogen (secondary N) is 1. The van der Waals surface area contributed by atoms with Gasteiger partial charge in [-0.1, -0.05) is 0 Å². The van der Waals surface area contributed by atoms with Gasteiger partial charge in [0.05, 0.1) is 6.61 Å². The number of hydrogen-bond acceptors (Lipinski definition) is 3. The normalized spacial score (nSPS) is 25.4. The number of carbonyl (C=O) groups excluding carboxylic acids is 1. The van der Waals surface area contributed by atoms with Crippen molar-refractivity contribution in [3.05, 3.63) is 0 Å². The van der Waals surface area contributed by atoms with E-state index in [0.717, 1.165) is 0 Å². The van der Waals surface area contributed by atoms with Gasteiger partial charge in [-0.25, -0.2) is 0 Å². The summed E-state index contributed by atoms with van der Waals surface area (Å²) in [7, 11) is 0. The summed E-state index contributed by atoms with van der Waals surface area (Å²) < 4.78 is 40.0. The lowest BCUT2D eigenvalue weighted by Gasteiger charge is -2.22. The number of morpholine rings is 1. The molecule has 1 heterocycles. The number of ketones is 1. The Hall–Kier alpha value is -0.620. The first kappa shape index (κ1) is 9.47. The molecule has 0 amide bonds. The third kappa shape index (κ3) is 2.18. The Balaban J connectivity index is 2.51. The van der Waals surface area contributed by atoms with Crippen molar-refractivity contribution in [3.8, 4) is 0 Å². The maximum Gasteiger partial charge on any atom is 0.452 e. The highest BCUT2D eigenvalue weighted by molar-refractivity contribution is 5.88. The van der Waals surface area contributed by atoms with Crippen molar-refractivity contribution >= 4 is 5.78 Å². The molecule has 0 aromatic heterocycles. The minimum absolute atomic E-state index is 0.0572. The number of Topliss-reactive ketones (excluding diaryl/α,β-unsaturated/α-hetero) is 1. The largest absolute Gasteiger partial charge is 0.452 e. The van der Waals surface area contributed by atoms with Gasteiger partial charge in [-0.05, 0) is 0 Å². The van der Waals surface area contributed by atoms with E-state index in [2.05, 4.69) is 10.1 Å². The molecule has 0 bridgehead atoms. The summed E-state index contributed by atoms with van der Waals surface area (Å²) in [6, 6.07) is 0. The molecule has 3 nitrogen and oxygen atoms in total. The second kappa shape index (κ2) is 3.40. The molecular weight excluding hydrogens is 175 g/mol. The second-order valence-electron chi connectivity index (χ2n) is 2.43. The van der Waals surface area contributed by atoms with Gasteiger partial charge in [-0.15, -0.1) is 0 Å². The maximum atomic E-state index is 11.8. The van der Waals surface area contributed by atoms with Gasteiger partial charge in [0.2, 0.25) is 0 Å². The molecule has 70 valence electrons. The van der Waals surface area contributed by atoms with Crippen LogP contribution < -0.4 is 5.32 Å². The molecule has 1 N–H and O–H groups in total. The molecular formula is C6H8F3NO2. The van der Waals surface area contributed by atoms with Gasteiger partial charge in [0.1, 0.15) is 6.10 Å². The van der Waals surface area contributed by atoms with E-state index in [9.17, 15) is 18.0 Å². The average molecular weight is 183 g/mol. The standard InChI is InChI=1S/C6H8F3NO2/c7-6(8,9)5(11)4-3-10-1-2-12-4/h4,10H,1-3H2. The summed E-state index contributed by atoms with van der Waals surface area (Å²) in [6.07, 6.45) is -6.15. The third-order valence-corrected chi connectivity index (χ3v) is 1.50. The van der Waals surface area contributed by atoms with Crippen LogP contribution in [0.1, 0.15) is 0 Å². The van der Waals surface area contributed by atoms with E-state index < -0.39 is 18.1 Å². The minimum atomic E-state index is -4.79. The van der Waals surface area contributed by atoms with E-state index in [4.69, 9.17) is 0 Å². The molecule has 1 rings (SSSR count). The van der Waals surface area contributed by atoms with Crippen LogP contribution in [0.25, 0.3) is 0 Å². The molecule has 1 fully saturated rings. The van der Waals surface area contributed by atoms with Gasteiger partial charge in [-0.2, -0.15) is 13.2 Å². The fourth-order valence-corrected chi connectivity index (χ4v) is 0.916. The van der Waals surface area contributed by atoms with Crippen molar-refractivity contribution < 1.29 is 22.7 Å². The highest BCUT2D eigenvalue weighted by atomic mass is 19.4. The molecule has 0 spiro atoms. The van der Waals surface area contributed by atoms with Gasteiger partial charge >= 0.3 is 6.18 Å². The van der Waals surface area contributed by atoms with Gasteiger partial charge in [0.25, 0.3) is 5.78 Å². The fraction of sp³-hybridized carbons (Fsp3) is 0.833. The molecule has 0 aliphatic carbocycles. The quantitative estimate of drug-likeness (QED) is 0.626.